The smallest absolute Gasteiger partial charge is 0.0533 e. The molecule has 0 rings (SSSR count). The van der Waals surface area contributed by atoms with E-state index >= 15 is 0 Å². The molecule has 169 valence electrons. The van der Waals surface area contributed by atoms with Gasteiger partial charge in [0, 0.05) is 0 Å². The zero-order chi connectivity index (χ0) is 20.4. The third-order valence-electron chi connectivity index (χ3n) is 6.35. The number of hydrogen-bond acceptors (Lipinski definition) is 0. The molecule has 0 aromatic heterocycles. The summed E-state index contributed by atoms with van der Waals surface area (Å²) in [6.45, 7) is 6.22. The van der Waals surface area contributed by atoms with Crippen LogP contribution in [0.1, 0.15) is 174 Å². The maximum Gasteiger partial charge on any atom is -0.0533 e. The standard InChI is InChI=1S/C28H57/c1-3-5-7-9-11-13-15-17-19-21-23-25-27-28-26-24-22-20-18-16-14-12-10-8-6-4-2/h1,3-28H2,2H3. The molecule has 0 bridgehead atoms. The van der Waals surface area contributed by atoms with E-state index in [1.165, 1.54) is 161 Å². The summed E-state index contributed by atoms with van der Waals surface area (Å²) in [5.41, 5.74) is 0. The Balaban J connectivity index is 2.96. The molecule has 0 atom stereocenters. The quantitative estimate of drug-likeness (QED) is 0.135. The van der Waals surface area contributed by atoms with Gasteiger partial charge in [-0.15, -0.1) is 0 Å². The lowest BCUT2D eigenvalue weighted by atomic mass is 10.0. The Labute approximate surface area is 181 Å². The molecule has 0 aromatic carbocycles. The normalized spacial score (nSPS) is 11.4. The Kier molecular flexibility index (Phi) is 27.0. The van der Waals surface area contributed by atoms with E-state index in [-0.39, 0.29) is 0 Å². The van der Waals surface area contributed by atoms with Crippen molar-refractivity contribution in [1.82, 2.24) is 0 Å². The van der Waals surface area contributed by atoms with Crippen LogP contribution in [0.15, 0.2) is 0 Å². The molecule has 28 heavy (non-hydrogen) atoms. The van der Waals surface area contributed by atoms with Crippen molar-refractivity contribution in [2.24, 2.45) is 0 Å². The van der Waals surface area contributed by atoms with Crippen molar-refractivity contribution in [2.45, 2.75) is 174 Å². The molecule has 0 heteroatoms. The highest BCUT2D eigenvalue weighted by Gasteiger charge is 1.96. The van der Waals surface area contributed by atoms with Gasteiger partial charge in [-0.1, -0.05) is 181 Å². The molecular weight excluding hydrogens is 336 g/mol. The minimum absolute atomic E-state index is 1.12. The summed E-state index contributed by atoms with van der Waals surface area (Å²) < 4.78 is 0. The van der Waals surface area contributed by atoms with Crippen LogP contribution in [0.3, 0.4) is 0 Å². The second kappa shape index (κ2) is 27.0. The van der Waals surface area contributed by atoms with E-state index in [9.17, 15) is 0 Å². The van der Waals surface area contributed by atoms with Crippen molar-refractivity contribution >= 4 is 0 Å². The van der Waals surface area contributed by atoms with Crippen molar-refractivity contribution in [2.75, 3.05) is 0 Å². The maximum atomic E-state index is 3.91. The Morgan fingerprint density at radius 1 is 0.286 bits per heavy atom. The van der Waals surface area contributed by atoms with Gasteiger partial charge in [-0.3, -0.25) is 0 Å². The summed E-state index contributed by atoms with van der Waals surface area (Å²) in [4.78, 5) is 0. The molecule has 0 saturated heterocycles. The van der Waals surface area contributed by atoms with Crippen LogP contribution < -0.4 is 0 Å². The average Bonchev–Trinajstić information content (AvgIpc) is 2.71. The molecule has 0 nitrogen and oxygen atoms in total. The summed E-state index contributed by atoms with van der Waals surface area (Å²) in [5.74, 6) is 0. The zero-order valence-corrected chi connectivity index (χ0v) is 20.1. The topological polar surface area (TPSA) is 0 Å². The molecule has 1 radical (unpaired) electrons. The molecule has 0 unspecified atom stereocenters. The fourth-order valence-corrected chi connectivity index (χ4v) is 4.32. The van der Waals surface area contributed by atoms with Crippen LogP contribution in [0.4, 0.5) is 0 Å². The highest BCUT2D eigenvalue weighted by molar-refractivity contribution is 4.52. The molecule has 0 aliphatic carbocycles. The van der Waals surface area contributed by atoms with Crippen LogP contribution in [0.2, 0.25) is 0 Å². The van der Waals surface area contributed by atoms with Gasteiger partial charge >= 0.3 is 0 Å². The first-order chi connectivity index (χ1) is 13.9. The van der Waals surface area contributed by atoms with Crippen molar-refractivity contribution in [3.63, 3.8) is 0 Å². The molecule has 0 aliphatic rings. The molecule has 0 spiro atoms. The van der Waals surface area contributed by atoms with E-state index in [4.69, 9.17) is 0 Å². The number of hydrogen-bond donors (Lipinski definition) is 0. The summed E-state index contributed by atoms with van der Waals surface area (Å²) in [6, 6.07) is 0. The van der Waals surface area contributed by atoms with E-state index < -0.39 is 0 Å². The third kappa shape index (κ3) is 26.0. The molecule has 0 aliphatic heterocycles. The lowest BCUT2D eigenvalue weighted by molar-refractivity contribution is 0.516. The predicted molar refractivity (Wildman–Crippen MR) is 131 cm³/mol. The van der Waals surface area contributed by atoms with Gasteiger partial charge < -0.3 is 0 Å². The fourth-order valence-electron chi connectivity index (χ4n) is 4.32. The Hall–Kier alpha value is 0. The monoisotopic (exact) mass is 393 g/mol. The van der Waals surface area contributed by atoms with Gasteiger partial charge in [0.25, 0.3) is 0 Å². The molecule has 0 heterocycles. The first kappa shape index (κ1) is 28.0. The molecule has 0 fully saturated rings. The molecule has 0 aromatic rings. The van der Waals surface area contributed by atoms with Crippen LogP contribution >= 0.6 is 0 Å². The summed E-state index contributed by atoms with van der Waals surface area (Å²) in [5, 5.41) is 0. The van der Waals surface area contributed by atoms with Crippen molar-refractivity contribution < 1.29 is 0 Å². The van der Waals surface area contributed by atoms with E-state index in [1.807, 2.05) is 0 Å². The SMILES string of the molecule is [CH2]CCCCCCCCCCCCCCCCCCCCCCCCCCC. The molecule has 0 saturated carbocycles. The summed E-state index contributed by atoms with van der Waals surface area (Å²) >= 11 is 0. The number of rotatable bonds is 25. The predicted octanol–water partition coefficient (Wildman–Crippen LogP) is 11.0. The highest BCUT2D eigenvalue weighted by Crippen LogP contribution is 2.15. The van der Waals surface area contributed by atoms with E-state index in [0.717, 1.165) is 6.42 Å². The summed E-state index contributed by atoms with van der Waals surface area (Å²) in [6.07, 6.45) is 37.8. The average molecular weight is 394 g/mol. The second-order valence-corrected chi connectivity index (χ2v) is 9.34. The molecular formula is C28H57. The Morgan fingerprint density at radius 3 is 0.643 bits per heavy atom. The van der Waals surface area contributed by atoms with E-state index in [1.54, 1.807) is 0 Å². The van der Waals surface area contributed by atoms with Gasteiger partial charge in [-0.2, -0.15) is 0 Å². The van der Waals surface area contributed by atoms with Crippen molar-refractivity contribution in [3.05, 3.63) is 6.92 Å². The Bertz CT molecular complexity index is 218. The van der Waals surface area contributed by atoms with Crippen LogP contribution in [-0.2, 0) is 0 Å². The van der Waals surface area contributed by atoms with Gasteiger partial charge in [0.1, 0.15) is 0 Å². The molecule has 0 N–H and O–H groups in total. The first-order valence-corrected chi connectivity index (χ1v) is 13.7. The second-order valence-electron chi connectivity index (χ2n) is 9.34. The molecule has 0 amide bonds. The van der Waals surface area contributed by atoms with Crippen LogP contribution in [0.5, 0.6) is 0 Å². The van der Waals surface area contributed by atoms with E-state index in [0.29, 0.717) is 0 Å². The third-order valence-corrected chi connectivity index (χ3v) is 6.35. The van der Waals surface area contributed by atoms with Crippen LogP contribution in [-0.4, -0.2) is 0 Å². The van der Waals surface area contributed by atoms with Crippen LogP contribution in [0, 0.1) is 6.92 Å². The number of unbranched alkanes of at least 4 members (excludes halogenated alkanes) is 25. The summed E-state index contributed by atoms with van der Waals surface area (Å²) in [7, 11) is 0. The van der Waals surface area contributed by atoms with Crippen LogP contribution in [0.25, 0.3) is 0 Å². The van der Waals surface area contributed by atoms with Crippen molar-refractivity contribution in [3.8, 4) is 0 Å². The first-order valence-electron chi connectivity index (χ1n) is 13.7. The van der Waals surface area contributed by atoms with E-state index in [2.05, 4.69) is 13.8 Å². The largest absolute Gasteiger partial charge is 0.0654 e. The maximum absolute atomic E-state index is 3.91. The van der Waals surface area contributed by atoms with Gasteiger partial charge in [-0.05, 0) is 0 Å². The highest BCUT2D eigenvalue weighted by atomic mass is 14.0. The van der Waals surface area contributed by atoms with Gasteiger partial charge in [0.05, 0.1) is 0 Å². The lowest BCUT2D eigenvalue weighted by Crippen LogP contribution is -1.84. The zero-order valence-electron chi connectivity index (χ0n) is 20.1. The van der Waals surface area contributed by atoms with Crippen molar-refractivity contribution in [1.29, 1.82) is 0 Å². The van der Waals surface area contributed by atoms with Gasteiger partial charge in [0.15, 0.2) is 0 Å². The Morgan fingerprint density at radius 2 is 0.464 bits per heavy atom. The van der Waals surface area contributed by atoms with Gasteiger partial charge in [0.2, 0.25) is 0 Å². The lowest BCUT2D eigenvalue weighted by Gasteiger charge is -2.04. The van der Waals surface area contributed by atoms with Gasteiger partial charge in [-0.25, -0.2) is 0 Å². The fraction of sp³-hybridized carbons (Fsp3) is 0.964. The minimum atomic E-state index is 1.12. The minimum Gasteiger partial charge on any atom is -0.0654 e.